The molecule has 2 rings (SSSR count). The van der Waals surface area contributed by atoms with Gasteiger partial charge in [0.2, 0.25) is 5.91 Å². The normalized spacial score (nSPS) is 18.1. The summed E-state index contributed by atoms with van der Waals surface area (Å²) in [6.45, 7) is 0.752. The zero-order chi connectivity index (χ0) is 14.0. The number of halogens is 3. The number of amides is 1. The van der Waals surface area contributed by atoms with E-state index in [1.54, 1.807) is 0 Å². The molecular formula is C12H13BrF2N2O2. The van der Waals surface area contributed by atoms with Gasteiger partial charge in [0.05, 0.1) is 10.2 Å². The van der Waals surface area contributed by atoms with Crippen molar-refractivity contribution in [1.29, 1.82) is 0 Å². The summed E-state index contributed by atoms with van der Waals surface area (Å²) in [6.07, 6.45) is 0.693. The van der Waals surface area contributed by atoms with E-state index in [1.807, 2.05) is 0 Å². The molecule has 1 aromatic rings. The third-order valence-corrected chi connectivity index (χ3v) is 3.70. The first-order valence-electron chi connectivity index (χ1n) is 5.75. The zero-order valence-corrected chi connectivity index (χ0v) is 11.6. The number of hydrogen-bond donors (Lipinski definition) is 2. The maximum Gasteiger partial charge on any atom is 0.244 e. The second-order valence-corrected chi connectivity index (χ2v) is 5.32. The highest BCUT2D eigenvalue weighted by atomic mass is 79.9. The van der Waals surface area contributed by atoms with E-state index in [2.05, 4.69) is 21.2 Å². The molecule has 0 unspecified atom stereocenters. The predicted octanol–water partition coefficient (Wildman–Crippen LogP) is 2.17. The molecule has 1 aliphatic rings. The van der Waals surface area contributed by atoms with Gasteiger partial charge in [-0.15, -0.1) is 0 Å². The lowest BCUT2D eigenvalue weighted by Gasteiger charge is -2.31. The summed E-state index contributed by atoms with van der Waals surface area (Å²) in [4.78, 5) is 12.0. The van der Waals surface area contributed by atoms with Crippen LogP contribution in [-0.4, -0.2) is 24.7 Å². The van der Waals surface area contributed by atoms with Gasteiger partial charge in [-0.05, 0) is 34.8 Å². The van der Waals surface area contributed by atoms with Gasteiger partial charge in [-0.3, -0.25) is 4.79 Å². The smallest absolute Gasteiger partial charge is 0.244 e. The van der Waals surface area contributed by atoms with E-state index < -0.39 is 23.1 Å². The number of benzene rings is 1. The molecule has 0 radical (unpaired) electrons. The van der Waals surface area contributed by atoms with Crippen molar-refractivity contribution in [2.75, 3.05) is 18.5 Å². The maximum absolute atomic E-state index is 13.6. The minimum Gasteiger partial charge on any atom is -0.381 e. The van der Waals surface area contributed by atoms with E-state index >= 15 is 0 Å². The molecule has 0 atom stereocenters. The highest BCUT2D eigenvalue weighted by Crippen LogP contribution is 2.25. The number of carbonyl (C=O) groups is 1. The van der Waals surface area contributed by atoms with E-state index in [4.69, 9.17) is 10.5 Å². The fourth-order valence-corrected chi connectivity index (χ4v) is 2.14. The van der Waals surface area contributed by atoms with Gasteiger partial charge >= 0.3 is 0 Å². The van der Waals surface area contributed by atoms with Crippen LogP contribution in [0.4, 0.5) is 14.5 Å². The van der Waals surface area contributed by atoms with E-state index in [0.29, 0.717) is 26.1 Å². The van der Waals surface area contributed by atoms with Gasteiger partial charge in [0.1, 0.15) is 17.2 Å². The van der Waals surface area contributed by atoms with Crippen LogP contribution in [0.1, 0.15) is 12.8 Å². The molecule has 19 heavy (non-hydrogen) atoms. The number of rotatable bonds is 2. The molecule has 0 aliphatic carbocycles. The number of carbonyl (C=O) groups excluding carboxylic acids is 1. The number of nitrogens with two attached hydrogens (primary N) is 1. The Morgan fingerprint density at radius 2 is 1.95 bits per heavy atom. The van der Waals surface area contributed by atoms with Gasteiger partial charge in [-0.2, -0.15) is 0 Å². The summed E-state index contributed by atoms with van der Waals surface area (Å²) in [5.41, 5.74) is 4.63. The molecule has 0 spiro atoms. The van der Waals surface area contributed by atoms with E-state index in [9.17, 15) is 13.6 Å². The van der Waals surface area contributed by atoms with Crippen LogP contribution >= 0.6 is 15.9 Å². The molecule has 104 valence electrons. The van der Waals surface area contributed by atoms with Crippen molar-refractivity contribution >= 4 is 27.5 Å². The Morgan fingerprint density at radius 1 is 1.32 bits per heavy atom. The fourth-order valence-electron chi connectivity index (χ4n) is 1.83. The number of ether oxygens (including phenoxy) is 1. The van der Waals surface area contributed by atoms with Crippen LogP contribution in [0.25, 0.3) is 0 Å². The molecule has 1 saturated heterocycles. The summed E-state index contributed by atoms with van der Waals surface area (Å²) in [5, 5.41) is 2.33. The lowest BCUT2D eigenvalue weighted by Crippen LogP contribution is -2.54. The van der Waals surface area contributed by atoms with Crippen LogP contribution < -0.4 is 11.1 Å². The molecule has 1 heterocycles. The van der Waals surface area contributed by atoms with Crippen molar-refractivity contribution in [2.24, 2.45) is 5.73 Å². The molecule has 3 N–H and O–H groups in total. The van der Waals surface area contributed by atoms with E-state index in [0.717, 1.165) is 12.1 Å². The molecule has 7 heteroatoms. The molecular weight excluding hydrogens is 322 g/mol. The Hall–Kier alpha value is -1.05. The Morgan fingerprint density at radius 3 is 2.58 bits per heavy atom. The molecule has 1 amide bonds. The van der Waals surface area contributed by atoms with E-state index in [1.165, 1.54) is 0 Å². The Balaban J connectivity index is 2.16. The van der Waals surface area contributed by atoms with Crippen molar-refractivity contribution in [3.63, 3.8) is 0 Å². The fraction of sp³-hybridized carbons (Fsp3) is 0.417. The van der Waals surface area contributed by atoms with Crippen LogP contribution in [0.5, 0.6) is 0 Å². The Kier molecular flexibility index (Phi) is 4.17. The third kappa shape index (κ3) is 3.10. The Bertz CT molecular complexity index is 505. The van der Waals surface area contributed by atoms with Gasteiger partial charge in [-0.1, -0.05) is 0 Å². The average molecular weight is 335 g/mol. The molecule has 0 bridgehead atoms. The third-order valence-electron chi connectivity index (χ3n) is 3.10. The standard InChI is InChI=1S/C12H13BrF2N2O2/c13-7-5-9(15)10(6-8(7)14)17-11(18)12(16)1-3-19-4-2-12/h5-6H,1-4,16H2,(H,17,18). The lowest BCUT2D eigenvalue weighted by atomic mass is 9.90. The summed E-state index contributed by atoms with van der Waals surface area (Å²) in [5.74, 6) is -1.91. The van der Waals surface area contributed by atoms with Crippen molar-refractivity contribution in [3.8, 4) is 0 Å². The van der Waals surface area contributed by atoms with Gasteiger partial charge < -0.3 is 15.8 Å². The first-order chi connectivity index (χ1) is 8.92. The van der Waals surface area contributed by atoms with Crippen LogP contribution in [0, 0.1) is 11.6 Å². The van der Waals surface area contributed by atoms with Crippen molar-refractivity contribution < 1.29 is 18.3 Å². The highest BCUT2D eigenvalue weighted by Gasteiger charge is 2.36. The Labute approximate surface area is 117 Å². The second-order valence-electron chi connectivity index (χ2n) is 4.47. The number of anilines is 1. The monoisotopic (exact) mass is 334 g/mol. The molecule has 1 fully saturated rings. The second kappa shape index (κ2) is 5.52. The summed E-state index contributed by atoms with van der Waals surface area (Å²) >= 11 is 2.86. The van der Waals surface area contributed by atoms with Crippen LogP contribution in [0.15, 0.2) is 16.6 Å². The first-order valence-corrected chi connectivity index (χ1v) is 6.54. The highest BCUT2D eigenvalue weighted by molar-refractivity contribution is 9.10. The molecule has 0 saturated carbocycles. The van der Waals surface area contributed by atoms with Gasteiger partial charge in [-0.25, -0.2) is 8.78 Å². The summed E-state index contributed by atoms with van der Waals surface area (Å²) in [7, 11) is 0. The molecule has 4 nitrogen and oxygen atoms in total. The van der Waals surface area contributed by atoms with Gasteiger partial charge in [0.15, 0.2) is 0 Å². The van der Waals surface area contributed by atoms with Crippen molar-refractivity contribution in [2.45, 2.75) is 18.4 Å². The molecule has 1 aliphatic heterocycles. The van der Waals surface area contributed by atoms with Crippen LogP contribution in [-0.2, 0) is 9.53 Å². The SMILES string of the molecule is NC1(C(=O)Nc2cc(F)c(Br)cc2F)CCOCC1. The minimum absolute atomic E-state index is 0.00322. The number of nitrogens with one attached hydrogen (secondary N) is 1. The summed E-state index contributed by atoms with van der Waals surface area (Å²) in [6, 6.07) is 1.87. The van der Waals surface area contributed by atoms with Crippen molar-refractivity contribution in [1.82, 2.24) is 0 Å². The zero-order valence-electron chi connectivity index (χ0n) is 10.0. The minimum atomic E-state index is -1.10. The quantitative estimate of drug-likeness (QED) is 0.815. The van der Waals surface area contributed by atoms with Gasteiger partial charge in [0.25, 0.3) is 0 Å². The van der Waals surface area contributed by atoms with Crippen LogP contribution in [0.3, 0.4) is 0 Å². The van der Waals surface area contributed by atoms with Crippen molar-refractivity contribution in [3.05, 3.63) is 28.2 Å². The topological polar surface area (TPSA) is 64.4 Å². The molecule has 0 aromatic heterocycles. The summed E-state index contributed by atoms with van der Waals surface area (Å²) < 4.78 is 32.1. The predicted molar refractivity (Wildman–Crippen MR) is 69.7 cm³/mol. The largest absolute Gasteiger partial charge is 0.381 e. The number of hydrogen-bond acceptors (Lipinski definition) is 3. The van der Waals surface area contributed by atoms with Gasteiger partial charge in [0, 0.05) is 19.3 Å². The van der Waals surface area contributed by atoms with Crippen LogP contribution in [0.2, 0.25) is 0 Å². The maximum atomic E-state index is 13.6. The first kappa shape index (κ1) is 14.4. The molecule has 1 aromatic carbocycles. The van der Waals surface area contributed by atoms with E-state index in [-0.39, 0.29) is 10.2 Å². The lowest BCUT2D eigenvalue weighted by molar-refractivity contribution is -0.124. The average Bonchev–Trinajstić information content (AvgIpc) is 2.36.